The van der Waals surface area contributed by atoms with Gasteiger partial charge in [-0.1, -0.05) is 53.6 Å². The molecule has 3 rings (SSSR count). The summed E-state index contributed by atoms with van der Waals surface area (Å²) in [5.41, 5.74) is 4.66. The van der Waals surface area contributed by atoms with Crippen LogP contribution in [-0.2, 0) is 12.8 Å². The fourth-order valence-corrected chi connectivity index (χ4v) is 2.86. The van der Waals surface area contributed by atoms with E-state index in [1.807, 2.05) is 18.2 Å². The van der Waals surface area contributed by atoms with Crippen LogP contribution in [0.15, 0.2) is 60.7 Å². The van der Waals surface area contributed by atoms with Crippen LogP contribution in [0.1, 0.15) is 16.7 Å². The molecule has 0 nitrogen and oxygen atoms in total. The van der Waals surface area contributed by atoms with Gasteiger partial charge < -0.3 is 0 Å². The van der Waals surface area contributed by atoms with E-state index in [9.17, 15) is 4.39 Å². The van der Waals surface area contributed by atoms with Crippen LogP contribution in [-0.4, -0.2) is 0 Å². The Hall–Kier alpha value is -0.315. The summed E-state index contributed by atoms with van der Waals surface area (Å²) in [5, 5.41) is 0.224. The van der Waals surface area contributed by atoms with Crippen LogP contribution in [0.3, 0.4) is 0 Å². The summed E-state index contributed by atoms with van der Waals surface area (Å²) >= 11 is 6.26. The van der Waals surface area contributed by atoms with Crippen molar-refractivity contribution in [3.63, 3.8) is 0 Å². The maximum absolute atomic E-state index is 14.6. The Morgan fingerprint density at radius 3 is 2.25 bits per heavy atom. The Labute approximate surface area is 196 Å². The zero-order chi connectivity index (χ0) is 16.2. The molecule has 0 fully saturated rings. The third-order valence-corrected chi connectivity index (χ3v) is 4.40. The number of benzene rings is 3. The van der Waals surface area contributed by atoms with Crippen molar-refractivity contribution in [3.05, 3.63) is 94.3 Å². The smallest absolute Gasteiger partial charge is 0.205 e. The monoisotopic (exact) mass is 408 g/mol. The molecule has 24 heavy (non-hydrogen) atoms. The first-order chi connectivity index (χ1) is 11.1. The molecule has 0 atom stereocenters. The van der Waals surface area contributed by atoms with E-state index in [-0.39, 0.29) is 69.0 Å². The van der Waals surface area contributed by atoms with Crippen LogP contribution in [0.25, 0.3) is 11.1 Å². The molecular formula is C21H17ClFRb. The Balaban J connectivity index is 0.00000208. The topological polar surface area (TPSA) is 0 Å². The summed E-state index contributed by atoms with van der Waals surface area (Å²) in [6.07, 6.45) is 1.57. The largest absolute Gasteiger partial charge is 1.00 e. The zero-order valence-corrected chi connectivity index (χ0v) is 19.6. The van der Waals surface area contributed by atoms with E-state index in [0.717, 1.165) is 24.0 Å². The minimum atomic E-state index is -0.348. The molecule has 0 saturated carbocycles. The fourth-order valence-electron chi connectivity index (χ4n) is 2.61. The minimum absolute atomic E-state index is 0. The second kappa shape index (κ2) is 9.40. The normalized spacial score (nSPS) is 10.3. The van der Waals surface area contributed by atoms with E-state index in [1.54, 1.807) is 18.2 Å². The van der Waals surface area contributed by atoms with E-state index >= 15 is 0 Å². The van der Waals surface area contributed by atoms with Crippen molar-refractivity contribution >= 4 is 11.6 Å². The number of rotatable bonds is 4. The summed E-state index contributed by atoms with van der Waals surface area (Å²) in [4.78, 5) is 0. The van der Waals surface area contributed by atoms with Gasteiger partial charge in [0.25, 0.3) is 0 Å². The van der Waals surface area contributed by atoms with E-state index in [2.05, 4.69) is 37.3 Å². The molecule has 0 amide bonds. The van der Waals surface area contributed by atoms with Crippen LogP contribution in [0.2, 0.25) is 5.02 Å². The molecule has 0 aliphatic carbocycles. The maximum Gasteiger partial charge on any atom is 1.00 e. The van der Waals surface area contributed by atoms with Crippen LogP contribution in [0, 0.1) is 18.8 Å². The van der Waals surface area contributed by atoms with Crippen LogP contribution in [0.5, 0.6) is 0 Å². The van der Waals surface area contributed by atoms with Crippen molar-refractivity contribution in [2.75, 3.05) is 0 Å². The van der Waals surface area contributed by atoms with Gasteiger partial charge in [0.15, 0.2) is 0 Å². The molecule has 0 radical (unpaired) electrons. The average Bonchev–Trinajstić information content (AvgIpc) is 2.58. The van der Waals surface area contributed by atoms with Crippen molar-refractivity contribution in [1.82, 2.24) is 0 Å². The molecule has 0 bridgehead atoms. The minimum Gasteiger partial charge on any atom is -0.205 e. The maximum atomic E-state index is 14.6. The van der Waals surface area contributed by atoms with Gasteiger partial charge in [-0.2, -0.15) is 30.3 Å². The Bertz CT molecular complexity index is 798. The van der Waals surface area contributed by atoms with E-state index < -0.39 is 0 Å². The Kier molecular flexibility index (Phi) is 7.84. The molecule has 0 aromatic heterocycles. The van der Waals surface area contributed by atoms with Gasteiger partial charge in [0.05, 0.1) is 5.02 Å². The molecule has 0 aliphatic heterocycles. The molecule has 3 aromatic carbocycles. The average molecular weight is 409 g/mol. The van der Waals surface area contributed by atoms with Crippen molar-refractivity contribution in [1.29, 1.82) is 0 Å². The molecule has 0 saturated heterocycles. The van der Waals surface area contributed by atoms with Crippen LogP contribution in [0.4, 0.5) is 4.39 Å². The molecule has 0 heterocycles. The van der Waals surface area contributed by atoms with Gasteiger partial charge in [-0.05, 0) is 36.5 Å². The Morgan fingerprint density at radius 2 is 1.58 bits per heavy atom. The number of hydrogen-bond donors (Lipinski definition) is 0. The van der Waals surface area contributed by atoms with Crippen LogP contribution < -0.4 is 58.2 Å². The van der Waals surface area contributed by atoms with E-state index in [1.165, 1.54) is 11.1 Å². The van der Waals surface area contributed by atoms with Gasteiger partial charge >= 0.3 is 58.2 Å². The molecule has 0 N–H and O–H groups in total. The van der Waals surface area contributed by atoms with Gasteiger partial charge in [0.2, 0.25) is 0 Å². The zero-order valence-electron chi connectivity index (χ0n) is 13.9. The second-order valence-corrected chi connectivity index (χ2v) is 6.05. The molecule has 0 aliphatic rings. The van der Waals surface area contributed by atoms with Gasteiger partial charge in [0, 0.05) is 0 Å². The summed E-state index contributed by atoms with van der Waals surface area (Å²) in [6, 6.07) is 22.3. The molecule has 3 heteroatoms. The van der Waals surface area contributed by atoms with Gasteiger partial charge in [-0.25, -0.2) is 4.39 Å². The van der Waals surface area contributed by atoms with Crippen molar-refractivity contribution in [2.45, 2.75) is 19.8 Å². The second-order valence-electron chi connectivity index (χ2n) is 5.67. The van der Waals surface area contributed by atoms with Crippen LogP contribution >= 0.6 is 11.6 Å². The number of hydrogen-bond acceptors (Lipinski definition) is 0. The van der Waals surface area contributed by atoms with Gasteiger partial charge in [-0.3, -0.25) is 0 Å². The van der Waals surface area contributed by atoms with E-state index in [4.69, 9.17) is 11.6 Å². The van der Waals surface area contributed by atoms with Crippen molar-refractivity contribution in [3.8, 4) is 11.1 Å². The molecule has 3 aromatic rings. The van der Waals surface area contributed by atoms with Crippen molar-refractivity contribution in [2.24, 2.45) is 0 Å². The molecule has 0 spiro atoms. The standard InChI is InChI=1S/C21H17ClF.Rb/c1-15-7-9-16(10-8-15)11-12-18-13-14-19(21(23)20(18)22)17-5-3-2-4-6-17;/h3-10,13-14H,11-12H2,1H3;/q-1;+1. The number of halogens is 2. The predicted molar refractivity (Wildman–Crippen MR) is 94.3 cm³/mol. The predicted octanol–water partition coefficient (Wildman–Crippen LogP) is 3.04. The first kappa shape index (κ1) is 20.0. The third kappa shape index (κ3) is 4.86. The quantitative estimate of drug-likeness (QED) is 0.582. The third-order valence-electron chi connectivity index (χ3n) is 4.00. The Morgan fingerprint density at radius 1 is 0.917 bits per heavy atom. The van der Waals surface area contributed by atoms with Gasteiger partial charge in [-0.15, -0.1) is 5.56 Å². The molecule has 116 valence electrons. The number of aryl methyl sites for hydroxylation is 3. The summed E-state index contributed by atoms with van der Waals surface area (Å²) in [7, 11) is 0. The first-order valence-electron chi connectivity index (χ1n) is 7.64. The summed E-state index contributed by atoms with van der Waals surface area (Å²) in [5.74, 6) is -0.348. The van der Waals surface area contributed by atoms with Gasteiger partial charge in [0.1, 0.15) is 5.82 Å². The summed E-state index contributed by atoms with van der Waals surface area (Å²) in [6.45, 7) is 2.07. The SMILES string of the molecule is Cc1ccc(CCc2ccc(-c3cc[c-]cc3)c(F)c2Cl)cc1.[Rb+]. The summed E-state index contributed by atoms with van der Waals surface area (Å²) < 4.78 is 14.6. The first-order valence-corrected chi connectivity index (χ1v) is 8.02. The van der Waals surface area contributed by atoms with Crippen molar-refractivity contribution < 1.29 is 62.6 Å². The van der Waals surface area contributed by atoms with E-state index in [0.29, 0.717) is 5.56 Å². The fraction of sp³-hybridized carbons (Fsp3) is 0.143. The molecule has 0 unspecified atom stereocenters. The molecular weight excluding hydrogens is 392 g/mol.